The monoisotopic (exact) mass is 97.1 g/mol. The topological polar surface area (TPSA) is 12.0 Å². The summed E-state index contributed by atoms with van der Waals surface area (Å²) in [5, 5.41) is 3.27. The second kappa shape index (κ2) is 1.66. The molecule has 0 saturated carbocycles. The lowest BCUT2D eigenvalue weighted by Gasteiger charge is -1.99. The van der Waals surface area contributed by atoms with E-state index < -0.39 is 0 Å². The molecule has 7 heavy (non-hydrogen) atoms. The Hall–Kier alpha value is -0.300. The van der Waals surface area contributed by atoms with E-state index in [1.807, 2.05) is 0 Å². The molecule has 0 amide bonds. The van der Waals surface area contributed by atoms with E-state index in [4.69, 9.17) is 0 Å². The fourth-order valence-corrected chi connectivity index (χ4v) is 0.810. The summed E-state index contributed by atoms with van der Waals surface area (Å²) in [6.45, 7) is 7.15. The minimum Gasteiger partial charge on any atom is -0.310 e. The van der Waals surface area contributed by atoms with Gasteiger partial charge in [0.25, 0.3) is 0 Å². The molecule has 1 atom stereocenters. The molecule has 1 heteroatoms. The molecule has 1 aliphatic rings. The summed E-state index contributed by atoms with van der Waals surface area (Å²) >= 11 is 0. The maximum Gasteiger partial charge on any atom is 0.0249 e. The van der Waals surface area contributed by atoms with Gasteiger partial charge in [-0.1, -0.05) is 12.2 Å². The molecule has 1 heterocycles. The first-order chi connectivity index (χ1) is 3.30. The highest BCUT2D eigenvalue weighted by molar-refractivity contribution is 5.08. The van der Waals surface area contributed by atoms with Crippen molar-refractivity contribution in [2.45, 2.75) is 19.4 Å². The number of hydrogen-bond donors (Lipinski definition) is 1. The summed E-state index contributed by atoms with van der Waals surface area (Å²) in [7, 11) is 0. The lowest BCUT2D eigenvalue weighted by atomic mass is 10.2. The Morgan fingerprint density at radius 1 is 1.86 bits per heavy atom. The Bertz CT molecular complexity index is 86.2. The predicted molar refractivity (Wildman–Crippen MR) is 31.2 cm³/mol. The van der Waals surface area contributed by atoms with Crippen LogP contribution in [-0.4, -0.2) is 12.6 Å². The van der Waals surface area contributed by atoms with Crippen LogP contribution in [0.3, 0.4) is 0 Å². The lowest BCUT2D eigenvalue weighted by molar-refractivity contribution is 0.721. The molecule has 0 bridgehead atoms. The fourth-order valence-electron chi connectivity index (χ4n) is 0.810. The maximum absolute atomic E-state index is 3.87. The molecule has 0 aliphatic carbocycles. The quantitative estimate of drug-likeness (QED) is 0.443. The molecule has 0 unspecified atom stereocenters. The van der Waals surface area contributed by atoms with Gasteiger partial charge in [0.15, 0.2) is 0 Å². The summed E-state index contributed by atoms with van der Waals surface area (Å²) in [4.78, 5) is 0. The van der Waals surface area contributed by atoms with Crippen molar-refractivity contribution in [3.8, 4) is 0 Å². The Morgan fingerprint density at radius 2 is 2.57 bits per heavy atom. The third-order valence-corrected chi connectivity index (χ3v) is 1.51. The summed E-state index contributed by atoms with van der Waals surface area (Å²) < 4.78 is 0. The molecule has 1 fully saturated rings. The normalized spacial score (nSPS) is 31.6. The molecule has 1 aliphatic heterocycles. The van der Waals surface area contributed by atoms with E-state index in [2.05, 4.69) is 18.8 Å². The van der Waals surface area contributed by atoms with E-state index in [0.717, 1.165) is 6.54 Å². The fraction of sp³-hybridized carbons (Fsp3) is 0.667. The van der Waals surface area contributed by atoms with Crippen LogP contribution in [0.25, 0.3) is 0 Å². The van der Waals surface area contributed by atoms with E-state index in [9.17, 15) is 0 Å². The zero-order chi connectivity index (χ0) is 5.28. The zero-order valence-corrected chi connectivity index (χ0v) is 4.70. The summed E-state index contributed by atoms with van der Waals surface area (Å²) in [6.07, 6.45) is 1.17. The smallest absolute Gasteiger partial charge is 0.0249 e. The van der Waals surface area contributed by atoms with Crippen LogP contribution < -0.4 is 5.32 Å². The van der Waals surface area contributed by atoms with E-state index in [-0.39, 0.29) is 0 Å². The Labute approximate surface area is 44.4 Å². The Morgan fingerprint density at radius 3 is 2.71 bits per heavy atom. The van der Waals surface area contributed by atoms with E-state index >= 15 is 0 Å². The molecule has 0 aromatic rings. The van der Waals surface area contributed by atoms with Crippen LogP contribution in [-0.2, 0) is 0 Å². The molecule has 40 valence electrons. The van der Waals surface area contributed by atoms with Crippen molar-refractivity contribution in [2.24, 2.45) is 0 Å². The van der Waals surface area contributed by atoms with Crippen molar-refractivity contribution in [1.82, 2.24) is 5.32 Å². The Balaban J connectivity index is 2.48. The van der Waals surface area contributed by atoms with Crippen molar-refractivity contribution in [3.05, 3.63) is 12.2 Å². The van der Waals surface area contributed by atoms with Crippen LogP contribution in [0.4, 0.5) is 0 Å². The number of nitrogens with one attached hydrogen (secondary N) is 1. The van der Waals surface area contributed by atoms with Gasteiger partial charge in [-0.25, -0.2) is 0 Å². The molecule has 0 aromatic carbocycles. The van der Waals surface area contributed by atoms with Crippen LogP contribution in [0.1, 0.15) is 13.3 Å². The SMILES string of the molecule is C=C1CCN[C@H]1C. The number of rotatable bonds is 0. The second-order valence-corrected chi connectivity index (χ2v) is 2.08. The molecule has 1 nitrogen and oxygen atoms in total. The predicted octanol–water partition coefficient (Wildman–Crippen LogP) is 0.924. The first-order valence-electron chi connectivity index (χ1n) is 2.72. The highest BCUT2D eigenvalue weighted by atomic mass is 14.9. The first-order valence-corrected chi connectivity index (χ1v) is 2.72. The molecule has 1 rings (SSSR count). The molecule has 0 aromatic heterocycles. The van der Waals surface area contributed by atoms with Gasteiger partial charge in [0.05, 0.1) is 0 Å². The van der Waals surface area contributed by atoms with Gasteiger partial charge in [-0.05, 0) is 19.9 Å². The van der Waals surface area contributed by atoms with E-state index in [0.29, 0.717) is 6.04 Å². The maximum atomic E-state index is 3.87. The minimum atomic E-state index is 0.569. The summed E-state index contributed by atoms with van der Waals surface area (Å²) in [5.41, 5.74) is 1.35. The average molecular weight is 97.2 g/mol. The standard InChI is InChI=1S/C6H11N/c1-5-3-4-7-6(5)2/h6-7H,1,3-4H2,2H3/t6-/m0/s1. The number of hydrogen-bond acceptors (Lipinski definition) is 1. The molecule has 0 spiro atoms. The third-order valence-electron chi connectivity index (χ3n) is 1.51. The Kier molecular flexibility index (Phi) is 1.15. The van der Waals surface area contributed by atoms with Crippen LogP contribution in [0.15, 0.2) is 12.2 Å². The largest absolute Gasteiger partial charge is 0.310 e. The van der Waals surface area contributed by atoms with Crippen molar-refractivity contribution >= 4 is 0 Å². The van der Waals surface area contributed by atoms with Crippen LogP contribution in [0.5, 0.6) is 0 Å². The highest BCUT2D eigenvalue weighted by Gasteiger charge is 2.10. The third kappa shape index (κ3) is 0.829. The van der Waals surface area contributed by atoms with Crippen molar-refractivity contribution in [3.63, 3.8) is 0 Å². The second-order valence-electron chi connectivity index (χ2n) is 2.08. The van der Waals surface area contributed by atoms with Gasteiger partial charge in [0.1, 0.15) is 0 Å². The van der Waals surface area contributed by atoms with Crippen LogP contribution in [0.2, 0.25) is 0 Å². The van der Waals surface area contributed by atoms with Crippen LogP contribution in [0, 0.1) is 0 Å². The van der Waals surface area contributed by atoms with Gasteiger partial charge < -0.3 is 5.32 Å². The average Bonchev–Trinajstić information content (AvgIpc) is 1.91. The lowest BCUT2D eigenvalue weighted by Crippen LogP contribution is -2.17. The van der Waals surface area contributed by atoms with Crippen molar-refractivity contribution in [1.29, 1.82) is 0 Å². The van der Waals surface area contributed by atoms with Gasteiger partial charge in [-0.3, -0.25) is 0 Å². The zero-order valence-electron chi connectivity index (χ0n) is 4.70. The summed E-state index contributed by atoms with van der Waals surface area (Å²) in [6, 6.07) is 0.569. The molecule has 1 N–H and O–H groups in total. The van der Waals surface area contributed by atoms with Gasteiger partial charge in [0.2, 0.25) is 0 Å². The van der Waals surface area contributed by atoms with E-state index in [1.165, 1.54) is 12.0 Å². The molecular formula is C6H11N. The van der Waals surface area contributed by atoms with Crippen LogP contribution >= 0.6 is 0 Å². The molecule has 0 radical (unpaired) electrons. The van der Waals surface area contributed by atoms with Gasteiger partial charge >= 0.3 is 0 Å². The minimum absolute atomic E-state index is 0.569. The van der Waals surface area contributed by atoms with Gasteiger partial charge in [-0.15, -0.1) is 0 Å². The first kappa shape index (κ1) is 4.85. The highest BCUT2D eigenvalue weighted by Crippen LogP contribution is 2.09. The van der Waals surface area contributed by atoms with Gasteiger partial charge in [-0.2, -0.15) is 0 Å². The van der Waals surface area contributed by atoms with E-state index in [1.54, 1.807) is 0 Å². The van der Waals surface area contributed by atoms with Crippen molar-refractivity contribution < 1.29 is 0 Å². The van der Waals surface area contributed by atoms with Gasteiger partial charge in [0, 0.05) is 6.04 Å². The molecular weight excluding hydrogens is 86.1 g/mol. The molecule has 1 saturated heterocycles. The van der Waals surface area contributed by atoms with Crippen molar-refractivity contribution in [2.75, 3.05) is 6.54 Å². The summed E-state index contributed by atoms with van der Waals surface area (Å²) in [5.74, 6) is 0.